The Balaban J connectivity index is 4.88. The Morgan fingerprint density at radius 2 is 1.92 bits per heavy atom. The van der Waals surface area contributed by atoms with Crippen molar-refractivity contribution in [3.05, 3.63) is 48.1 Å². The van der Waals surface area contributed by atoms with Gasteiger partial charge in [-0.15, -0.1) is 0 Å². The molecule has 0 aliphatic heterocycles. The number of carboxylic acid groups (broad SMARTS) is 1. The van der Waals surface area contributed by atoms with Crippen LogP contribution in [0.1, 0.15) is 13.8 Å². The molecule has 0 saturated heterocycles. The first-order chi connectivity index (χ1) is 6.17. The van der Waals surface area contributed by atoms with Crippen LogP contribution < -0.4 is 0 Å². The lowest BCUT2D eigenvalue weighted by Crippen LogP contribution is -2.01. The molecule has 0 rings (SSSR count). The number of allylic oxidation sites excluding steroid dienone is 5. The molecule has 2 heteroatoms. The zero-order chi connectivity index (χ0) is 10.3. The largest absolute Gasteiger partial charge is 0.478 e. The summed E-state index contributed by atoms with van der Waals surface area (Å²) in [5, 5.41) is 8.81. The average Bonchev–Trinajstić information content (AvgIpc) is 2.11. The summed E-state index contributed by atoms with van der Waals surface area (Å²) in [5.41, 5.74) is 0.996. The molecule has 0 unspecified atom stereocenters. The van der Waals surface area contributed by atoms with Gasteiger partial charge in [-0.25, -0.2) is 4.79 Å². The third-order valence-electron chi connectivity index (χ3n) is 1.55. The van der Waals surface area contributed by atoms with Crippen molar-refractivity contribution in [1.29, 1.82) is 0 Å². The van der Waals surface area contributed by atoms with Crippen molar-refractivity contribution in [2.24, 2.45) is 0 Å². The topological polar surface area (TPSA) is 37.3 Å². The first-order valence-corrected chi connectivity index (χ1v) is 4.02. The second-order valence-corrected chi connectivity index (χ2v) is 2.35. The number of carboxylic acids is 1. The van der Waals surface area contributed by atoms with E-state index in [0.717, 1.165) is 0 Å². The zero-order valence-corrected chi connectivity index (χ0v) is 7.95. The number of rotatable bonds is 4. The van der Waals surface area contributed by atoms with Crippen LogP contribution in [0.2, 0.25) is 0 Å². The van der Waals surface area contributed by atoms with E-state index in [0.29, 0.717) is 11.1 Å². The van der Waals surface area contributed by atoms with Gasteiger partial charge in [-0.05, 0) is 19.4 Å². The fourth-order valence-electron chi connectivity index (χ4n) is 0.927. The second kappa shape index (κ2) is 6.00. The summed E-state index contributed by atoms with van der Waals surface area (Å²) in [5.74, 6) is -0.913. The van der Waals surface area contributed by atoms with Gasteiger partial charge in [0.25, 0.3) is 0 Å². The van der Waals surface area contributed by atoms with Gasteiger partial charge in [-0.3, -0.25) is 0 Å². The number of aliphatic carboxylic acids is 1. The molecule has 70 valence electrons. The standard InChI is InChI=1S/C11H14O2/c1-4-7-8-9(5-2)10(6-3)11(12)13/h4-8H,1H2,2-3H3,(H,12,13). The minimum atomic E-state index is -0.913. The molecule has 0 atom stereocenters. The summed E-state index contributed by atoms with van der Waals surface area (Å²) in [7, 11) is 0. The molecule has 0 aromatic heterocycles. The number of hydrogen-bond donors (Lipinski definition) is 1. The maximum absolute atomic E-state index is 10.7. The maximum atomic E-state index is 10.7. The molecule has 0 aliphatic rings. The van der Waals surface area contributed by atoms with Crippen molar-refractivity contribution in [2.45, 2.75) is 13.8 Å². The van der Waals surface area contributed by atoms with E-state index in [4.69, 9.17) is 5.11 Å². The van der Waals surface area contributed by atoms with Crippen LogP contribution in [0.4, 0.5) is 0 Å². The average molecular weight is 178 g/mol. The van der Waals surface area contributed by atoms with Gasteiger partial charge >= 0.3 is 5.97 Å². The van der Waals surface area contributed by atoms with Gasteiger partial charge in [0.2, 0.25) is 0 Å². The predicted octanol–water partition coefficient (Wildman–Crippen LogP) is 2.71. The smallest absolute Gasteiger partial charge is 0.335 e. The summed E-state index contributed by atoms with van der Waals surface area (Å²) >= 11 is 0. The van der Waals surface area contributed by atoms with Crippen LogP contribution in [0.25, 0.3) is 0 Å². The van der Waals surface area contributed by atoms with Gasteiger partial charge in [0.15, 0.2) is 0 Å². The first-order valence-electron chi connectivity index (χ1n) is 4.02. The third-order valence-corrected chi connectivity index (χ3v) is 1.55. The van der Waals surface area contributed by atoms with Crippen LogP contribution in [0.15, 0.2) is 48.1 Å². The SMILES string of the molecule is C=CC=CC(=CC)C(=CC)C(=O)O. The number of hydrogen-bond acceptors (Lipinski definition) is 1. The molecular weight excluding hydrogens is 164 g/mol. The quantitative estimate of drug-likeness (QED) is 0.531. The van der Waals surface area contributed by atoms with Crippen LogP contribution in [0, 0.1) is 0 Å². The molecule has 0 fully saturated rings. The summed E-state index contributed by atoms with van der Waals surface area (Å²) in [6.45, 7) is 7.02. The van der Waals surface area contributed by atoms with Crippen molar-refractivity contribution in [3.8, 4) is 0 Å². The molecule has 2 nitrogen and oxygen atoms in total. The molecule has 0 aromatic carbocycles. The van der Waals surface area contributed by atoms with E-state index in [1.807, 2.05) is 0 Å². The van der Waals surface area contributed by atoms with Crippen LogP contribution in [0.3, 0.4) is 0 Å². The molecule has 0 spiro atoms. The van der Waals surface area contributed by atoms with Crippen LogP contribution in [-0.2, 0) is 4.79 Å². The first kappa shape index (κ1) is 11.4. The monoisotopic (exact) mass is 178 g/mol. The van der Waals surface area contributed by atoms with Crippen molar-refractivity contribution in [1.82, 2.24) is 0 Å². The Labute approximate surface area is 78.6 Å². The lowest BCUT2D eigenvalue weighted by atomic mass is 10.1. The lowest BCUT2D eigenvalue weighted by Gasteiger charge is -2.00. The van der Waals surface area contributed by atoms with Crippen LogP contribution in [-0.4, -0.2) is 11.1 Å². The van der Waals surface area contributed by atoms with Crippen LogP contribution >= 0.6 is 0 Å². The summed E-state index contributed by atoms with van der Waals surface area (Å²) in [6, 6.07) is 0. The van der Waals surface area contributed by atoms with E-state index in [1.54, 1.807) is 44.2 Å². The molecule has 1 N–H and O–H groups in total. The van der Waals surface area contributed by atoms with Gasteiger partial charge in [0.1, 0.15) is 0 Å². The highest BCUT2D eigenvalue weighted by Gasteiger charge is 2.07. The highest BCUT2D eigenvalue weighted by molar-refractivity contribution is 5.92. The fraction of sp³-hybridized carbons (Fsp3) is 0.182. The molecule has 0 radical (unpaired) electrons. The van der Waals surface area contributed by atoms with E-state index >= 15 is 0 Å². The summed E-state index contributed by atoms with van der Waals surface area (Å²) in [4.78, 5) is 10.7. The van der Waals surface area contributed by atoms with Crippen LogP contribution in [0.5, 0.6) is 0 Å². The normalized spacial score (nSPS) is 13.4. The van der Waals surface area contributed by atoms with E-state index in [9.17, 15) is 4.79 Å². The van der Waals surface area contributed by atoms with E-state index < -0.39 is 5.97 Å². The van der Waals surface area contributed by atoms with E-state index in [2.05, 4.69) is 6.58 Å². The van der Waals surface area contributed by atoms with Gasteiger partial charge in [-0.1, -0.05) is 37.0 Å². The molecule has 13 heavy (non-hydrogen) atoms. The Hall–Kier alpha value is -1.57. The highest BCUT2D eigenvalue weighted by atomic mass is 16.4. The maximum Gasteiger partial charge on any atom is 0.335 e. The minimum Gasteiger partial charge on any atom is -0.478 e. The lowest BCUT2D eigenvalue weighted by molar-refractivity contribution is -0.132. The molecule has 0 heterocycles. The van der Waals surface area contributed by atoms with Gasteiger partial charge < -0.3 is 5.11 Å². The van der Waals surface area contributed by atoms with Crippen molar-refractivity contribution >= 4 is 5.97 Å². The molecule has 0 bridgehead atoms. The molecular formula is C11H14O2. The Bertz CT molecular complexity index is 280. The molecule has 0 saturated carbocycles. The molecule has 0 aliphatic carbocycles. The Morgan fingerprint density at radius 1 is 1.31 bits per heavy atom. The van der Waals surface area contributed by atoms with Crippen molar-refractivity contribution in [2.75, 3.05) is 0 Å². The molecule has 0 aromatic rings. The number of carbonyl (C=O) groups is 1. The summed E-state index contributed by atoms with van der Waals surface area (Å²) in [6.07, 6.45) is 8.37. The fourth-order valence-corrected chi connectivity index (χ4v) is 0.927. The summed E-state index contributed by atoms with van der Waals surface area (Å²) < 4.78 is 0. The van der Waals surface area contributed by atoms with E-state index in [1.165, 1.54) is 0 Å². The second-order valence-electron chi connectivity index (χ2n) is 2.35. The minimum absolute atomic E-state index is 0.306. The van der Waals surface area contributed by atoms with Gasteiger partial charge in [0, 0.05) is 0 Å². The zero-order valence-electron chi connectivity index (χ0n) is 7.95. The predicted molar refractivity (Wildman–Crippen MR) is 54.5 cm³/mol. The van der Waals surface area contributed by atoms with Crippen molar-refractivity contribution < 1.29 is 9.90 Å². The Morgan fingerprint density at radius 3 is 2.23 bits per heavy atom. The van der Waals surface area contributed by atoms with Crippen molar-refractivity contribution in [3.63, 3.8) is 0 Å². The third kappa shape index (κ3) is 3.56. The molecule has 0 amide bonds. The highest BCUT2D eigenvalue weighted by Crippen LogP contribution is 2.11. The van der Waals surface area contributed by atoms with Gasteiger partial charge in [-0.2, -0.15) is 0 Å². The van der Waals surface area contributed by atoms with Gasteiger partial charge in [0.05, 0.1) is 5.57 Å². The Kier molecular flexibility index (Phi) is 5.28. The van der Waals surface area contributed by atoms with E-state index in [-0.39, 0.29) is 0 Å².